The van der Waals surface area contributed by atoms with Crippen molar-refractivity contribution in [2.45, 2.75) is 19.1 Å². The molecule has 0 spiro atoms. The largest absolute Gasteiger partial charge is 0.469 e. The van der Waals surface area contributed by atoms with Gasteiger partial charge in [0.25, 0.3) is 0 Å². The van der Waals surface area contributed by atoms with E-state index in [1.54, 1.807) is 19.4 Å². The summed E-state index contributed by atoms with van der Waals surface area (Å²) in [5.41, 5.74) is 1.84. The first kappa shape index (κ1) is 14.8. The number of hydrogen-bond acceptors (Lipinski definition) is 3. The van der Waals surface area contributed by atoms with Crippen LogP contribution in [-0.2, 0) is 22.2 Å². The SMILES string of the molecule is Cc1ccccc1CS(=O)(=O)N(C)CCc1ccco1. The van der Waals surface area contributed by atoms with Crippen molar-refractivity contribution >= 4 is 10.0 Å². The molecule has 0 aliphatic rings. The van der Waals surface area contributed by atoms with Gasteiger partial charge in [-0.2, -0.15) is 0 Å². The summed E-state index contributed by atoms with van der Waals surface area (Å²) in [5, 5.41) is 0. The normalized spacial score (nSPS) is 11.9. The maximum Gasteiger partial charge on any atom is 0.218 e. The average Bonchev–Trinajstić information content (AvgIpc) is 2.91. The predicted molar refractivity (Wildman–Crippen MR) is 78.8 cm³/mol. The van der Waals surface area contributed by atoms with Gasteiger partial charge in [0.05, 0.1) is 12.0 Å². The van der Waals surface area contributed by atoms with Crippen LogP contribution in [0.25, 0.3) is 0 Å². The summed E-state index contributed by atoms with van der Waals surface area (Å²) in [5.74, 6) is 0.830. The van der Waals surface area contributed by atoms with Gasteiger partial charge in [0.1, 0.15) is 5.76 Å². The molecular formula is C15H19NO3S. The van der Waals surface area contributed by atoms with Gasteiger partial charge >= 0.3 is 0 Å². The monoisotopic (exact) mass is 293 g/mol. The second-order valence-corrected chi connectivity index (χ2v) is 6.91. The fraction of sp³-hybridized carbons (Fsp3) is 0.333. The van der Waals surface area contributed by atoms with Crippen molar-refractivity contribution in [3.8, 4) is 0 Å². The van der Waals surface area contributed by atoms with E-state index in [9.17, 15) is 8.42 Å². The summed E-state index contributed by atoms with van der Waals surface area (Å²) in [4.78, 5) is 0. The summed E-state index contributed by atoms with van der Waals surface area (Å²) in [6.45, 7) is 2.34. The number of furan rings is 1. The third kappa shape index (κ3) is 3.71. The van der Waals surface area contributed by atoms with Gasteiger partial charge in [0.15, 0.2) is 0 Å². The highest BCUT2D eigenvalue weighted by atomic mass is 32.2. The van der Waals surface area contributed by atoms with E-state index in [1.807, 2.05) is 37.3 Å². The minimum absolute atomic E-state index is 0.0360. The number of aryl methyl sites for hydroxylation is 1. The zero-order valence-corrected chi connectivity index (χ0v) is 12.6. The Morgan fingerprint density at radius 1 is 1.15 bits per heavy atom. The van der Waals surface area contributed by atoms with Crippen LogP contribution in [0, 0.1) is 6.92 Å². The van der Waals surface area contributed by atoms with Crippen LogP contribution < -0.4 is 0 Å². The van der Waals surface area contributed by atoms with Gasteiger partial charge in [-0.15, -0.1) is 0 Å². The maximum atomic E-state index is 12.3. The molecule has 0 atom stereocenters. The summed E-state index contributed by atoms with van der Waals surface area (Å²) >= 11 is 0. The smallest absolute Gasteiger partial charge is 0.218 e. The minimum Gasteiger partial charge on any atom is -0.469 e. The van der Waals surface area contributed by atoms with Crippen LogP contribution in [-0.4, -0.2) is 26.3 Å². The van der Waals surface area contributed by atoms with E-state index in [-0.39, 0.29) is 5.75 Å². The lowest BCUT2D eigenvalue weighted by Crippen LogP contribution is -2.30. The lowest BCUT2D eigenvalue weighted by atomic mass is 10.1. The highest BCUT2D eigenvalue weighted by molar-refractivity contribution is 7.88. The summed E-state index contributed by atoms with van der Waals surface area (Å²) in [6, 6.07) is 11.2. The average molecular weight is 293 g/mol. The van der Waals surface area contributed by atoms with Crippen LogP contribution in [0.3, 0.4) is 0 Å². The Labute approximate surface area is 120 Å². The van der Waals surface area contributed by atoms with Crippen molar-refractivity contribution < 1.29 is 12.8 Å². The molecule has 1 aromatic carbocycles. The Balaban J connectivity index is 2.00. The van der Waals surface area contributed by atoms with Crippen molar-refractivity contribution in [2.24, 2.45) is 0 Å². The molecule has 20 heavy (non-hydrogen) atoms. The highest BCUT2D eigenvalue weighted by Crippen LogP contribution is 2.14. The summed E-state index contributed by atoms with van der Waals surface area (Å²) < 4.78 is 31.2. The quantitative estimate of drug-likeness (QED) is 0.822. The summed E-state index contributed by atoms with van der Waals surface area (Å²) in [7, 11) is -1.69. The molecule has 0 saturated heterocycles. The number of benzene rings is 1. The van der Waals surface area contributed by atoms with Gasteiger partial charge in [-0.1, -0.05) is 24.3 Å². The van der Waals surface area contributed by atoms with Gasteiger partial charge in [-0.05, 0) is 30.2 Å². The second kappa shape index (κ2) is 6.24. The van der Waals surface area contributed by atoms with E-state index < -0.39 is 10.0 Å². The topological polar surface area (TPSA) is 50.5 Å². The lowest BCUT2D eigenvalue weighted by Gasteiger charge is -2.17. The van der Waals surface area contributed by atoms with Crippen molar-refractivity contribution in [1.29, 1.82) is 0 Å². The van der Waals surface area contributed by atoms with Crippen LogP contribution in [0.1, 0.15) is 16.9 Å². The van der Waals surface area contributed by atoms with E-state index in [1.165, 1.54) is 4.31 Å². The van der Waals surface area contributed by atoms with Crippen molar-refractivity contribution in [3.05, 3.63) is 59.5 Å². The minimum atomic E-state index is -3.30. The molecule has 0 aliphatic heterocycles. The molecule has 0 amide bonds. The third-order valence-corrected chi connectivity index (χ3v) is 5.14. The Kier molecular flexibility index (Phi) is 4.62. The van der Waals surface area contributed by atoms with Crippen molar-refractivity contribution in [1.82, 2.24) is 4.31 Å². The Morgan fingerprint density at radius 2 is 1.90 bits per heavy atom. The van der Waals surface area contributed by atoms with E-state index >= 15 is 0 Å². The van der Waals surface area contributed by atoms with Gasteiger partial charge in [0.2, 0.25) is 10.0 Å². The van der Waals surface area contributed by atoms with Crippen LogP contribution >= 0.6 is 0 Å². The maximum absolute atomic E-state index is 12.3. The molecule has 0 fully saturated rings. The Bertz CT molecular complexity index is 648. The molecule has 0 N–H and O–H groups in total. The Morgan fingerprint density at radius 3 is 2.55 bits per heavy atom. The van der Waals surface area contributed by atoms with E-state index in [2.05, 4.69) is 0 Å². The van der Waals surface area contributed by atoms with Gasteiger partial charge in [-0.3, -0.25) is 0 Å². The zero-order chi connectivity index (χ0) is 14.6. The number of nitrogens with zero attached hydrogens (tertiary/aromatic N) is 1. The van der Waals surface area contributed by atoms with Gasteiger partial charge in [0, 0.05) is 20.0 Å². The third-order valence-electron chi connectivity index (χ3n) is 3.33. The highest BCUT2D eigenvalue weighted by Gasteiger charge is 2.19. The number of rotatable bonds is 6. The molecule has 1 aromatic heterocycles. The standard InChI is InChI=1S/C15H19NO3S/c1-13-6-3-4-7-14(13)12-20(17,18)16(2)10-9-15-8-5-11-19-15/h3-8,11H,9-10,12H2,1-2H3. The molecule has 0 unspecified atom stereocenters. The first-order chi connectivity index (χ1) is 9.49. The fourth-order valence-corrected chi connectivity index (χ4v) is 3.25. The lowest BCUT2D eigenvalue weighted by molar-refractivity contribution is 0.441. The van der Waals surface area contributed by atoms with Crippen LogP contribution in [0.5, 0.6) is 0 Å². The first-order valence-corrected chi connectivity index (χ1v) is 8.11. The van der Waals surface area contributed by atoms with Crippen molar-refractivity contribution in [2.75, 3.05) is 13.6 Å². The van der Waals surface area contributed by atoms with Crippen LogP contribution in [0.15, 0.2) is 47.1 Å². The predicted octanol–water partition coefficient (Wildman–Crippen LogP) is 2.59. The van der Waals surface area contributed by atoms with Crippen LogP contribution in [0.4, 0.5) is 0 Å². The van der Waals surface area contributed by atoms with Gasteiger partial charge < -0.3 is 4.42 Å². The molecule has 4 nitrogen and oxygen atoms in total. The van der Waals surface area contributed by atoms with E-state index in [0.29, 0.717) is 13.0 Å². The molecule has 2 rings (SSSR count). The molecule has 0 radical (unpaired) electrons. The van der Waals surface area contributed by atoms with E-state index in [0.717, 1.165) is 16.9 Å². The molecule has 1 heterocycles. The zero-order valence-electron chi connectivity index (χ0n) is 11.7. The molecule has 2 aromatic rings. The van der Waals surface area contributed by atoms with E-state index in [4.69, 9.17) is 4.42 Å². The molecule has 0 aliphatic carbocycles. The first-order valence-electron chi connectivity index (χ1n) is 6.50. The molecular weight excluding hydrogens is 274 g/mol. The van der Waals surface area contributed by atoms with Crippen molar-refractivity contribution in [3.63, 3.8) is 0 Å². The number of likely N-dealkylation sites (N-methyl/N-ethyl adjacent to an activating group) is 1. The number of sulfonamides is 1. The Hall–Kier alpha value is -1.59. The van der Waals surface area contributed by atoms with Gasteiger partial charge in [-0.25, -0.2) is 12.7 Å². The second-order valence-electron chi connectivity index (χ2n) is 4.83. The fourth-order valence-electron chi connectivity index (χ4n) is 1.94. The number of hydrogen-bond donors (Lipinski definition) is 0. The summed E-state index contributed by atoms with van der Waals surface area (Å²) in [6.07, 6.45) is 2.17. The molecule has 0 bridgehead atoms. The molecule has 5 heteroatoms. The van der Waals surface area contributed by atoms with Crippen LogP contribution in [0.2, 0.25) is 0 Å². The molecule has 0 saturated carbocycles. The molecule has 108 valence electrons.